The van der Waals surface area contributed by atoms with Crippen LogP contribution in [-0.2, 0) is 11.3 Å². The Hall–Kier alpha value is -1.30. The van der Waals surface area contributed by atoms with Gasteiger partial charge >= 0.3 is 6.09 Å². The average molecular weight is 348 g/mol. The van der Waals surface area contributed by atoms with Crippen molar-refractivity contribution in [3.8, 4) is 5.75 Å². The molecule has 4 nitrogen and oxygen atoms in total. The number of halogens is 2. The van der Waals surface area contributed by atoms with Crippen LogP contribution in [0.25, 0.3) is 0 Å². The summed E-state index contributed by atoms with van der Waals surface area (Å²) in [4.78, 5) is 13.2. The lowest BCUT2D eigenvalue weighted by Gasteiger charge is -2.25. The first-order chi connectivity index (χ1) is 9.15. The van der Waals surface area contributed by atoms with Crippen LogP contribution in [-0.4, -0.2) is 30.8 Å². The molecule has 0 aliphatic carbocycles. The van der Waals surface area contributed by atoms with Crippen molar-refractivity contribution in [2.75, 3.05) is 14.2 Å². The first-order valence-electron chi connectivity index (χ1n) is 6.10. The summed E-state index contributed by atoms with van der Waals surface area (Å²) in [6.07, 6.45) is -0.508. The van der Waals surface area contributed by atoms with Crippen molar-refractivity contribution in [3.63, 3.8) is 0 Å². The normalized spacial score (nSPS) is 11.2. The molecule has 0 atom stereocenters. The Balaban J connectivity index is 2.91. The Bertz CT molecular complexity index is 500. The van der Waals surface area contributed by atoms with Crippen LogP contribution in [0.1, 0.15) is 26.3 Å². The molecule has 0 bridgehead atoms. The minimum absolute atomic E-state index is 0.0819. The monoisotopic (exact) mass is 347 g/mol. The zero-order valence-corrected chi connectivity index (χ0v) is 13.9. The number of rotatable bonds is 3. The van der Waals surface area contributed by atoms with E-state index in [9.17, 15) is 9.18 Å². The molecule has 1 rings (SSSR count). The second kappa shape index (κ2) is 6.43. The Morgan fingerprint density at radius 2 is 2.00 bits per heavy atom. The van der Waals surface area contributed by atoms with Crippen LogP contribution in [0.15, 0.2) is 16.6 Å². The van der Waals surface area contributed by atoms with Gasteiger partial charge in [0.05, 0.1) is 13.7 Å². The number of benzene rings is 1. The molecular weight excluding hydrogens is 329 g/mol. The Morgan fingerprint density at radius 3 is 2.50 bits per heavy atom. The summed E-state index contributed by atoms with van der Waals surface area (Å²) in [7, 11) is 2.95. The smallest absolute Gasteiger partial charge is 0.410 e. The first-order valence-corrected chi connectivity index (χ1v) is 6.90. The minimum Gasteiger partial charge on any atom is -0.494 e. The number of hydrogen-bond acceptors (Lipinski definition) is 3. The van der Waals surface area contributed by atoms with Crippen molar-refractivity contribution in [1.29, 1.82) is 0 Å². The Kier molecular flexibility index (Phi) is 5.39. The van der Waals surface area contributed by atoms with Crippen LogP contribution >= 0.6 is 15.9 Å². The largest absolute Gasteiger partial charge is 0.494 e. The highest BCUT2D eigenvalue weighted by molar-refractivity contribution is 9.10. The third-order valence-electron chi connectivity index (χ3n) is 2.47. The van der Waals surface area contributed by atoms with Crippen LogP contribution in [0, 0.1) is 5.82 Å². The molecule has 0 aliphatic rings. The summed E-state index contributed by atoms with van der Waals surface area (Å²) in [5.74, 6) is -0.349. The van der Waals surface area contributed by atoms with Crippen LogP contribution in [0.2, 0.25) is 0 Å². The number of nitrogens with zero attached hydrogens (tertiary/aromatic N) is 1. The number of carbonyl (C=O) groups excluding carboxylic acids is 1. The number of hydrogen-bond donors (Lipinski definition) is 0. The van der Waals surface area contributed by atoms with E-state index in [2.05, 4.69) is 15.9 Å². The van der Waals surface area contributed by atoms with Gasteiger partial charge in [-0.1, -0.05) is 15.9 Å². The highest BCUT2D eigenvalue weighted by Gasteiger charge is 2.22. The predicted molar refractivity (Wildman–Crippen MR) is 78.4 cm³/mol. The molecule has 0 unspecified atom stereocenters. The lowest BCUT2D eigenvalue weighted by Crippen LogP contribution is -2.34. The molecule has 0 fully saturated rings. The van der Waals surface area contributed by atoms with Crippen LogP contribution in [0.4, 0.5) is 9.18 Å². The van der Waals surface area contributed by atoms with Gasteiger partial charge in [-0.25, -0.2) is 9.18 Å². The fraction of sp³-hybridized carbons (Fsp3) is 0.500. The SMILES string of the molecule is COc1ccc(Br)c(CN(C)C(=O)OC(C)(C)C)c1F. The second-order valence-electron chi connectivity index (χ2n) is 5.38. The van der Waals surface area contributed by atoms with Crippen LogP contribution in [0.3, 0.4) is 0 Å². The van der Waals surface area contributed by atoms with Crippen molar-refractivity contribution in [2.24, 2.45) is 0 Å². The van der Waals surface area contributed by atoms with Gasteiger partial charge in [0.1, 0.15) is 5.60 Å². The molecule has 0 radical (unpaired) electrons. The lowest BCUT2D eigenvalue weighted by molar-refractivity contribution is 0.0283. The van der Waals surface area contributed by atoms with E-state index in [1.807, 2.05) is 0 Å². The Morgan fingerprint density at radius 1 is 1.40 bits per heavy atom. The summed E-state index contributed by atoms with van der Waals surface area (Å²) in [5, 5.41) is 0. The molecule has 1 amide bonds. The molecule has 0 aliphatic heterocycles. The summed E-state index contributed by atoms with van der Waals surface area (Å²) in [6, 6.07) is 3.20. The molecule has 0 heterocycles. The molecule has 1 aromatic carbocycles. The van der Waals surface area contributed by atoms with E-state index in [0.29, 0.717) is 10.0 Å². The zero-order valence-electron chi connectivity index (χ0n) is 12.3. The summed E-state index contributed by atoms with van der Waals surface area (Å²) in [5.41, 5.74) is -0.243. The van der Waals surface area contributed by atoms with E-state index in [1.54, 1.807) is 33.9 Å². The molecule has 1 aromatic rings. The summed E-state index contributed by atoms with van der Waals surface area (Å²) < 4.78 is 24.9. The second-order valence-corrected chi connectivity index (χ2v) is 6.23. The summed E-state index contributed by atoms with van der Waals surface area (Å²) >= 11 is 3.28. The third kappa shape index (κ3) is 4.37. The maximum atomic E-state index is 14.2. The van der Waals surface area contributed by atoms with E-state index in [4.69, 9.17) is 9.47 Å². The van der Waals surface area contributed by atoms with Gasteiger partial charge in [0.15, 0.2) is 11.6 Å². The number of methoxy groups -OCH3 is 1. The van der Waals surface area contributed by atoms with Crippen molar-refractivity contribution in [1.82, 2.24) is 4.90 Å². The fourth-order valence-electron chi connectivity index (χ4n) is 1.52. The van der Waals surface area contributed by atoms with Crippen molar-refractivity contribution in [2.45, 2.75) is 32.9 Å². The molecule has 0 aromatic heterocycles. The van der Waals surface area contributed by atoms with Crippen molar-refractivity contribution in [3.05, 3.63) is 28.0 Å². The quantitative estimate of drug-likeness (QED) is 0.830. The van der Waals surface area contributed by atoms with E-state index in [0.717, 1.165) is 0 Å². The maximum Gasteiger partial charge on any atom is 0.410 e. The lowest BCUT2D eigenvalue weighted by atomic mass is 10.2. The molecule has 0 N–H and O–H groups in total. The standard InChI is InChI=1S/C14H19BrFNO3/c1-14(2,3)20-13(18)17(4)8-9-10(15)6-7-11(19-5)12(9)16/h6-7H,8H2,1-5H3. The van der Waals surface area contributed by atoms with Crippen LogP contribution < -0.4 is 4.74 Å². The van der Waals surface area contributed by atoms with Gasteiger partial charge in [0.25, 0.3) is 0 Å². The number of carbonyl (C=O) groups is 1. The fourth-order valence-corrected chi connectivity index (χ4v) is 1.95. The van der Waals surface area contributed by atoms with Crippen molar-refractivity contribution >= 4 is 22.0 Å². The van der Waals surface area contributed by atoms with Gasteiger partial charge in [-0.3, -0.25) is 0 Å². The predicted octanol–water partition coefficient (Wildman–Crippen LogP) is 3.96. The van der Waals surface area contributed by atoms with Crippen molar-refractivity contribution < 1.29 is 18.7 Å². The van der Waals surface area contributed by atoms with E-state index < -0.39 is 17.5 Å². The topological polar surface area (TPSA) is 38.8 Å². The zero-order chi connectivity index (χ0) is 15.5. The Labute approximate surface area is 127 Å². The molecule has 0 saturated carbocycles. The van der Waals surface area contributed by atoms with Crippen LogP contribution in [0.5, 0.6) is 5.75 Å². The third-order valence-corrected chi connectivity index (χ3v) is 3.21. The highest BCUT2D eigenvalue weighted by atomic mass is 79.9. The van der Waals surface area contributed by atoms with Gasteiger partial charge in [-0.2, -0.15) is 0 Å². The molecule has 0 spiro atoms. The summed E-state index contributed by atoms with van der Waals surface area (Å²) in [6.45, 7) is 5.42. The van der Waals surface area contributed by atoms with E-state index in [1.165, 1.54) is 18.1 Å². The van der Waals surface area contributed by atoms with Gasteiger partial charge in [-0.15, -0.1) is 0 Å². The molecule has 6 heteroatoms. The van der Waals surface area contributed by atoms with E-state index in [-0.39, 0.29) is 12.3 Å². The molecule has 20 heavy (non-hydrogen) atoms. The highest BCUT2D eigenvalue weighted by Crippen LogP contribution is 2.28. The average Bonchev–Trinajstić information content (AvgIpc) is 2.32. The maximum absolute atomic E-state index is 14.2. The van der Waals surface area contributed by atoms with Gasteiger partial charge in [0, 0.05) is 17.1 Å². The minimum atomic E-state index is -0.588. The molecular formula is C14H19BrFNO3. The van der Waals surface area contributed by atoms with Gasteiger partial charge in [0.2, 0.25) is 0 Å². The number of ether oxygens (including phenoxy) is 2. The molecule has 0 saturated heterocycles. The van der Waals surface area contributed by atoms with Gasteiger partial charge < -0.3 is 14.4 Å². The van der Waals surface area contributed by atoms with E-state index >= 15 is 0 Å². The molecule has 112 valence electrons. The number of amides is 1. The first kappa shape index (κ1) is 16.8. The van der Waals surface area contributed by atoms with Gasteiger partial charge in [-0.05, 0) is 32.9 Å².